The van der Waals surface area contributed by atoms with Crippen LogP contribution in [0.5, 0.6) is 5.75 Å². The van der Waals surface area contributed by atoms with Crippen molar-refractivity contribution in [2.75, 3.05) is 19.0 Å². The van der Waals surface area contributed by atoms with E-state index >= 15 is 0 Å². The van der Waals surface area contributed by atoms with Gasteiger partial charge in [0, 0.05) is 32.2 Å². The van der Waals surface area contributed by atoms with Crippen molar-refractivity contribution in [1.29, 1.82) is 0 Å². The lowest BCUT2D eigenvalue weighted by Gasteiger charge is -2.08. The number of carbonyl (C=O) groups excluding carboxylic acids is 2. The molecule has 0 atom stereocenters. The molecule has 0 fully saturated rings. The Morgan fingerprint density at radius 1 is 1.08 bits per heavy atom. The molecule has 0 spiro atoms. The fraction of sp³-hybridized carbons (Fsp3) is 0.111. The SMILES string of the molecule is COC(=O)COc1ccc(Br)cc1/C=N\NC(=O)c1ccc(-c2csc(Nc3ccc(C)cc3)n2)cc1. The third kappa shape index (κ3) is 7.25. The number of hydrazone groups is 1. The maximum absolute atomic E-state index is 12.6. The van der Waals surface area contributed by atoms with E-state index < -0.39 is 5.97 Å². The number of halogens is 1. The Kier molecular flexibility index (Phi) is 8.65. The normalized spacial score (nSPS) is 10.8. The van der Waals surface area contributed by atoms with Crippen molar-refractivity contribution in [3.05, 3.63) is 93.3 Å². The standard InChI is InChI=1S/C27H23BrN4O4S/c1-17-3-10-22(11-4-17)30-27-31-23(16-37-27)18-5-7-19(8-6-18)26(34)32-29-14-20-13-21(28)9-12-24(20)36-15-25(33)35-2/h3-14,16H,15H2,1-2H3,(H,30,31)(H,32,34)/b29-14-. The van der Waals surface area contributed by atoms with Crippen molar-refractivity contribution in [1.82, 2.24) is 10.4 Å². The van der Waals surface area contributed by atoms with E-state index in [-0.39, 0.29) is 12.5 Å². The van der Waals surface area contributed by atoms with Crippen molar-refractivity contribution in [3.63, 3.8) is 0 Å². The third-order valence-electron chi connectivity index (χ3n) is 5.16. The molecule has 37 heavy (non-hydrogen) atoms. The van der Waals surface area contributed by atoms with Crippen LogP contribution in [0, 0.1) is 6.92 Å². The fourth-order valence-corrected chi connectivity index (χ4v) is 4.31. The van der Waals surface area contributed by atoms with Crippen LogP contribution in [0.3, 0.4) is 0 Å². The molecule has 4 aromatic rings. The Morgan fingerprint density at radius 2 is 1.84 bits per heavy atom. The van der Waals surface area contributed by atoms with E-state index in [1.54, 1.807) is 30.3 Å². The number of aryl methyl sites for hydroxylation is 1. The predicted octanol–water partition coefficient (Wildman–Crippen LogP) is 5.94. The molecule has 1 heterocycles. The molecule has 10 heteroatoms. The summed E-state index contributed by atoms with van der Waals surface area (Å²) in [6.07, 6.45) is 1.45. The maximum Gasteiger partial charge on any atom is 0.343 e. The van der Waals surface area contributed by atoms with Gasteiger partial charge < -0.3 is 14.8 Å². The van der Waals surface area contributed by atoms with Crippen LogP contribution in [0.1, 0.15) is 21.5 Å². The molecular weight excluding hydrogens is 556 g/mol. The molecule has 3 aromatic carbocycles. The Bertz CT molecular complexity index is 1420. The van der Waals surface area contributed by atoms with Gasteiger partial charge in [0.25, 0.3) is 5.91 Å². The monoisotopic (exact) mass is 578 g/mol. The first-order valence-corrected chi connectivity index (χ1v) is 12.8. The Balaban J connectivity index is 1.37. The van der Waals surface area contributed by atoms with Gasteiger partial charge in [0.15, 0.2) is 11.7 Å². The summed E-state index contributed by atoms with van der Waals surface area (Å²) in [6.45, 7) is 1.81. The summed E-state index contributed by atoms with van der Waals surface area (Å²) < 4.78 is 10.9. The minimum absolute atomic E-state index is 0.236. The lowest BCUT2D eigenvalue weighted by molar-refractivity contribution is -0.142. The van der Waals surface area contributed by atoms with Gasteiger partial charge in [-0.25, -0.2) is 15.2 Å². The van der Waals surface area contributed by atoms with E-state index in [1.165, 1.54) is 30.2 Å². The van der Waals surface area contributed by atoms with Crippen LogP contribution in [0.2, 0.25) is 0 Å². The lowest BCUT2D eigenvalue weighted by atomic mass is 10.1. The molecule has 0 saturated carbocycles. The number of nitrogens with zero attached hydrogens (tertiary/aromatic N) is 2. The number of carbonyl (C=O) groups is 2. The minimum Gasteiger partial charge on any atom is -0.481 e. The summed E-state index contributed by atoms with van der Waals surface area (Å²) in [5.74, 6) is -0.441. The third-order valence-corrected chi connectivity index (χ3v) is 6.42. The van der Waals surface area contributed by atoms with Gasteiger partial charge in [-0.1, -0.05) is 45.8 Å². The van der Waals surface area contributed by atoms with Gasteiger partial charge in [0.2, 0.25) is 0 Å². The molecule has 0 aliphatic heterocycles. The zero-order valence-electron chi connectivity index (χ0n) is 20.0. The van der Waals surface area contributed by atoms with Crippen LogP contribution in [0.25, 0.3) is 11.3 Å². The molecule has 0 saturated heterocycles. The summed E-state index contributed by atoms with van der Waals surface area (Å²) in [6, 6.07) is 20.5. The number of nitrogens with one attached hydrogen (secondary N) is 2. The quantitative estimate of drug-likeness (QED) is 0.145. The van der Waals surface area contributed by atoms with Crippen LogP contribution in [-0.4, -0.2) is 36.8 Å². The smallest absolute Gasteiger partial charge is 0.343 e. The van der Waals surface area contributed by atoms with Gasteiger partial charge in [-0.2, -0.15) is 5.10 Å². The number of rotatable bonds is 9. The summed E-state index contributed by atoms with van der Waals surface area (Å²) >= 11 is 4.90. The molecule has 0 bridgehead atoms. The summed E-state index contributed by atoms with van der Waals surface area (Å²) in [4.78, 5) is 28.6. The zero-order chi connectivity index (χ0) is 26.2. The van der Waals surface area contributed by atoms with E-state index in [1.807, 2.05) is 48.7 Å². The summed E-state index contributed by atoms with van der Waals surface area (Å²) in [5, 5.41) is 10.1. The summed E-state index contributed by atoms with van der Waals surface area (Å²) in [7, 11) is 1.29. The van der Waals surface area contributed by atoms with Crippen LogP contribution >= 0.6 is 27.3 Å². The molecule has 4 rings (SSSR count). The lowest BCUT2D eigenvalue weighted by Crippen LogP contribution is -2.17. The van der Waals surface area contributed by atoms with E-state index in [9.17, 15) is 9.59 Å². The average molecular weight is 579 g/mol. The summed E-state index contributed by atoms with van der Waals surface area (Å²) in [5.41, 5.74) is 7.42. The zero-order valence-corrected chi connectivity index (χ0v) is 22.4. The number of benzene rings is 3. The number of aromatic nitrogens is 1. The minimum atomic E-state index is -0.501. The second kappa shape index (κ2) is 12.3. The number of thiazole rings is 1. The molecule has 1 amide bonds. The van der Waals surface area contributed by atoms with E-state index in [2.05, 4.69) is 41.5 Å². The van der Waals surface area contributed by atoms with Gasteiger partial charge in [0.05, 0.1) is 19.0 Å². The number of anilines is 2. The highest BCUT2D eigenvalue weighted by Crippen LogP contribution is 2.27. The molecule has 1 aromatic heterocycles. The van der Waals surface area contributed by atoms with Crippen molar-refractivity contribution >= 4 is 56.2 Å². The molecule has 0 aliphatic carbocycles. The highest BCUT2D eigenvalue weighted by atomic mass is 79.9. The highest BCUT2D eigenvalue weighted by Gasteiger charge is 2.10. The van der Waals surface area contributed by atoms with Crippen molar-refractivity contribution in [2.45, 2.75) is 6.92 Å². The number of methoxy groups -OCH3 is 1. The van der Waals surface area contributed by atoms with Gasteiger partial charge >= 0.3 is 5.97 Å². The first-order valence-electron chi connectivity index (χ1n) is 11.1. The van der Waals surface area contributed by atoms with Crippen molar-refractivity contribution < 1.29 is 19.1 Å². The average Bonchev–Trinajstić information content (AvgIpc) is 3.38. The highest BCUT2D eigenvalue weighted by molar-refractivity contribution is 9.10. The largest absolute Gasteiger partial charge is 0.481 e. The van der Waals surface area contributed by atoms with Gasteiger partial charge in [-0.05, 0) is 49.4 Å². The first kappa shape index (κ1) is 26.1. The number of hydrogen-bond acceptors (Lipinski definition) is 8. The van der Waals surface area contributed by atoms with Crippen LogP contribution < -0.4 is 15.5 Å². The molecule has 8 nitrogen and oxygen atoms in total. The van der Waals surface area contributed by atoms with Crippen LogP contribution in [-0.2, 0) is 9.53 Å². The predicted molar refractivity (Wildman–Crippen MR) is 149 cm³/mol. The molecular formula is C27H23BrN4O4S. The Hall–Kier alpha value is -4.02. The van der Waals surface area contributed by atoms with Gasteiger partial charge in [-0.3, -0.25) is 4.79 Å². The van der Waals surface area contributed by atoms with Crippen LogP contribution in [0.15, 0.2) is 81.7 Å². The van der Waals surface area contributed by atoms with Crippen molar-refractivity contribution in [3.8, 4) is 17.0 Å². The van der Waals surface area contributed by atoms with Gasteiger partial charge in [-0.15, -0.1) is 11.3 Å². The van der Waals surface area contributed by atoms with Crippen molar-refractivity contribution in [2.24, 2.45) is 5.10 Å². The Labute approximate surface area is 226 Å². The number of hydrogen-bond donors (Lipinski definition) is 2. The second-order valence-corrected chi connectivity index (χ2v) is 9.63. The molecule has 2 N–H and O–H groups in total. The van der Waals surface area contributed by atoms with E-state index in [0.717, 1.165) is 26.5 Å². The maximum atomic E-state index is 12.6. The second-order valence-electron chi connectivity index (χ2n) is 7.85. The number of esters is 1. The van der Waals surface area contributed by atoms with E-state index in [4.69, 9.17) is 4.74 Å². The topological polar surface area (TPSA) is 102 Å². The molecule has 188 valence electrons. The number of ether oxygens (including phenoxy) is 2. The molecule has 0 unspecified atom stereocenters. The van der Waals surface area contributed by atoms with E-state index in [0.29, 0.717) is 16.9 Å². The van der Waals surface area contributed by atoms with Crippen LogP contribution in [0.4, 0.5) is 10.8 Å². The molecule has 0 radical (unpaired) electrons. The Morgan fingerprint density at radius 3 is 2.57 bits per heavy atom. The first-order chi connectivity index (χ1) is 17.9. The molecule has 0 aliphatic rings. The van der Waals surface area contributed by atoms with Gasteiger partial charge in [0.1, 0.15) is 5.75 Å². The fourth-order valence-electron chi connectivity index (χ4n) is 3.19. The number of amides is 1.